The van der Waals surface area contributed by atoms with Crippen molar-refractivity contribution in [2.75, 3.05) is 7.05 Å². The molecule has 0 saturated heterocycles. The highest BCUT2D eigenvalue weighted by Crippen LogP contribution is 2.28. The molecule has 3 aromatic rings. The molecule has 0 aliphatic rings. The van der Waals surface area contributed by atoms with Gasteiger partial charge in [0.2, 0.25) is 0 Å². The van der Waals surface area contributed by atoms with Crippen LogP contribution in [-0.4, -0.2) is 18.0 Å². The second-order valence-corrected chi connectivity index (χ2v) is 10.4. The lowest BCUT2D eigenvalue weighted by molar-refractivity contribution is 0.527. The molecular formula is C39H48FN3. The first kappa shape index (κ1) is 34.8. The van der Waals surface area contributed by atoms with E-state index in [-0.39, 0.29) is 11.9 Å². The fourth-order valence-electron chi connectivity index (χ4n) is 4.47. The van der Waals surface area contributed by atoms with Crippen molar-refractivity contribution in [1.29, 1.82) is 0 Å². The minimum Gasteiger partial charge on any atom is -0.362 e. The smallest absolute Gasteiger partial charge is 0.123 e. The number of nitrogens with zero attached hydrogens (tertiary/aromatic N) is 1. The van der Waals surface area contributed by atoms with Crippen LogP contribution in [0.2, 0.25) is 0 Å². The molecule has 0 aliphatic heterocycles. The molecule has 0 spiro atoms. The highest BCUT2D eigenvalue weighted by atomic mass is 19.1. The van der Waals surface area contributed by atoms with Gasteiger partial charge in [0.05, 0.1) is 0 Å². The van der Waals surface area contributed by atoms with Crippen LogP contribution in [0, 0.1) is 12.7 Å². The first-order chi connectivity index (χ1) is 20.5. The predicted octanol–water partition coefficient (Wildman–Crippen LogP) is 9.86. The summed E-state index contributed by atoms with van der Waals surface area (Å²) in [6.07, 6.45) is 6.02. The van der Waals surface area contributed by atoms with E-state index in [1.807, 2.05) is 40.9 Å². The van der Waals surface area contributed by atoms with Crippen LogP contribution >= 0.6 is 0 Å². The van der Waals surface area contributed by atoms with Gasteiger partial charge < -0.3 is 15.5 Å². The molecule has 4 heteroatoms. The van der Waals surface area contributed by atoms with Crippen LogP contribution in [0.3, 0.4) is 0 Å². The second kappa shape index (κ2) is 16.9. The summed E-state index contributed by atoms with van der Waals surface area (Å²) in [6, 6.07) is 21.4. The summed E-state index contributed by atoms with van der Waals surface area (Å²) in [7, 11) is 1.91. The van der Waals surface area contributed by atoms with E-state index in [1.54, 1.807) is 12.1 Å². The van der Waals surface area contributed by atoms with Crippen molar-refractivity contribution in [2.45, 2.75) is 54.1 Å². The molecule has 1 atom stereocenters. The molecule has 0 aromatic heterocycles. The van der Waals surface area contributed by atoms with Crippen LogP contribution in [0.1, 0.15) is 68.0 Å². The van der Waals surface area contributed by atoms with E-state index < -0.39 is 0 Å². The Bertz CT molecular complexity index is 1490. The third kappa shape index (κ3) is 10.1. The van der Waals surface area contributed by atoms with Crippen LogP contribution in [0.4, 0.5) is 4.39 Å². The molecule has 3 aromatic carbocycles. The van der Waals surface area contributed by atoms with Gasteiger partial charge in [0.25, 0.3) is 0 Å². The zero-order valence-corrected chi connectivity index (χ0v) is 27.0. The lowest BCUT2D eigenvalue weighted by Gasteiger charge is -2.25. The minimum atomic E-state index is -0.261. The van der Waals surface area contributed by atoms with E-state index >= 15 is 0 Å². The van der Waals surface area contributed by atoms with Crippen molar-refractivity contribution in [1.82, 2.24) is 15.5 Å². The number of aryl methyl sites for hydroxylation is 1. The van der Waals surface area contributed by atoms with Crippen molar-refractivity contribution in [3.05, 3.63) is 162 Å². The maximum absolute atomic E-state index is 13.5. The molecule has 0 bridgehead atoms. The Morgan fingerprint density at radius 2 is 1.53 bits per heavy atom. The summed E-state index contributed by atoms with van der Waals surface area (Å²) in [5.41, 5.74) is 11.0. The summed E-state index contributed by atoms with van der Waals surface area (Å²) >= 11 is 0. The van der Waals surface area contributed by atoms with Crippen LogP contribution in [-0.2, 0) is 6.54 Å². The van der Waals surface area contributed by atoms with E-state index in [4.69, 9.17) is 0 Å². The summed E-state index contributed by atoms with van der Waals surface area (Å²) in [5, 5.41) is 6.59. The van der Waals surface area contributed by atoms with Crippen molar-refractivity contribution in [3.63, 3.8) is 0 Å². The maximum atomic E-state index is 13.5. The maximum Gasteiger partial charge on any atom is 0.123 e. The number of hydrogen-bond donors (Lipinski definition) is 2. The Hall–Kier alpha value is -4.41. The molecule has 0 fully saturated rings. The summed E-state index contributed by atoms with van der Waals surface area (Å²) in [5.74, 6) is -0.261. The normalized spacial score (nSPS) is 12.0. The summed E-state index contributed by atoms with van der Waals surface area (Å²) in [4.78, 5) is 2.14. The Morgan fingerprint density at radius 3 is 2.14 bits per heavy atom. The largest absolute Gasteiger partial charge is 0.362 e. The minimum absolute atomic E-state index is 0.138. The van der Waals surface area contributed by atoms with Gasteiger partial charge in [0.15, 0.2) is 0 Å². The lowest BCUT2D eigenvalue weighted by Crippen LogP contribution is -2.30. The number of allylic oxidation sites excluding steroid dienone is 4. The molecule has 0 radical (unpaired) electrons. The van der Waals surface area contributed by atoms with E-state index in [0.717, 1.165) is 61.6 Å². The Morgan fingerprint density at radius 1 is 0.884 bits per heavy atom. The topological polar surface area (TPSA) is 27.3 Å². The van der Waals surface area contributed by atoms with Crippen LogP contribution in [0.15, 0.2) is 123 Å². The Balaban J connectivity index is 0.00000316. The van der Waals surface area contributed by atoms with Crippen LogP contribution in [0.5, 0.6) is 0 Å². The fourth-order valence-corrected chi connectivity index (χ4v) is 4.47. The molecule has 0 amide bonds. The first-order valence-corrected chi connectivity index (χ1v) is 14.7. The molecule has 3 rings (SSSR count). The average Bonchev–Trinajstić information content (AvgIpc) is 3.00. The molecule has 0 heterocycles. The van der Waals surface area contributed by atoms with E-state index in [2.05, 4.69) is 110 Å². The zero-order chi connectivity index (χ0) is 32.1. The highest BCUT2D eigenvalue weighted by molar-refractivity contribution is 5.78. The van der Waals surface area contributed by atoms with Gasteiger partial charge in [-0.2, -0.15) is 0 Å². The van der Waals surface area contributed by atoms with Gasteiger partial charge in [0.1, 0.15) is 5.82 Å². The SMILES string of the molecule is C=CN(Cc1cc(C)cc(C(=C)c2ccc(F)cc2)c1)/C(=C\C=C(/C)NC(=C)C(C)NC)c1cccc(C(=C)C)c1.CC. The predicted molar refractivity (Wildman–Crippen MR) is 186 cm³/mol. The van der Waals surface area contributed by atoms with Gasteiger partial charge >= 0.3 is 0 Å². The van der Waals surface area contributed by atoms with Crippen molar-refractivity contribution in [3.8, 4) is 0 Å². The number of likely N-dealkylation sites (N-methyl/N-ethyl adjacent to an activating group) is 1. The molecule has 43 heavy (non-hydrogen) atoms. The summed E-state index contributed by atoms with van der Waals surface area (Å²) in [6.45, 7) is 29.5. The molecule has 3 nitrogen and oxygen atoms in total. The standard InChI is InChI=1S/C37H42FN3.C2H6/c1-10-41(24-31-20-26(4)21-35(22-31)28(6)32-15-17-36(38)18-16-32)37(34-13-11-12-33(23-34)25(2)3)19-14-27(5)40-30(8)29(7)39-9;1-2/h10-23,29,39-40H,1-2,6,8,24H2,3-5,7,9H3;1-2H3/b27-14+,37-19-;. The monoisotopic (exact) mass is 577 g/mol. The molecule has 0 saturated carbocycles. The van der Waals surface area contributed by atoms with Gasteiger partial charge in [-0.25, -0.2) is 4.39 Å². The third-order valence-electron chi connectivity index (χ3n) is 7.02. The molecule has 226 valence electrons. The third-order valence-corrected chi connectivity index (χ3v) is 7.02. The number of nitrogens with one attached hydrogen (secondary N) is 2. The van der Waals surface area contributed by atoms with E-state index in [9.17, 15) is 4.39 Å². The van der Waals surface area contributed by atoms with E-state index in [0.29, 0.717) is 6.54 Å². The molecule has 0 aliphatic carbocycles. The van der Waals surface area contributed by atoms with Crippen LogP contribution < -0.4 is 10.6 Å². The zero-order valence-electron chi connectivity index (χ0n) is 27.0. The number of rotatable bonds is 13. The van der Waals surface area contributed by atoms with Gasteiger partial charge in [-0.05, 0) is 111 Å². The number of halogens is 1. The van der Waals surface area contributed by atoms with Gasteiger partial charge in [-0.3, -0.25) is 0 Å². The molecule has 2 N–H and O–H groups in total. The fraction of sp³-hybridized carbons (Fsp3) is 0.231. The quantitative estimate of drug-likeness (QED) is 0.198. The van der Waals surface area contributed by atoms with Crippen LogP contribution in [0.25, 0.3) is 16.8 Å². The molecule has 1 unspecified atom stereocenters. The Labute approximate surface area is 259 Å². The summed E-state index contributed by atoms with van der Waals surface area (Å²) < 4.78 is 13.5. The van der Waals surface area contributed by atoms with Crippen molar-refractivity contribution in [2.24, 2.45) is 0 Å². The average molecular weight is 578 g/mol. The second-order valence-electron chi connectivity index (χ2n) is 10.4. The number of hydrogen-bond acceptors (Lipinski definition) is 3. The highest BCUT2D eigenvalue weighted by Gasteiger charge is 2.13. The first-order valence-electron chi connectivity index (χ1n) is 14.7. The lowest BCUT2D eigenvalue weighted by atomic mass is 9.95. The number of benzene rings is 3. The van der Waals surface area contributed by atoms with E-state index in [1.165, 1.54) is 12.1 Å². The van der Waals surface area contributed by atoms with Crippen molar-refractivity contribution < 1.29 is 4.39 Å². The van der Waals surface area contributed by atoms with Gasteiger partial charge in [-0.15, -0.1) is 0 Å². The van der Waals surface area contributed by atoms with Gasteiger partial charge in [-0.1, -0.05) is 93.8 Å². The van der Waals surface area contributed by atoms with Crippen molar-refractivity contribution >= 4 is 16.8 Å². The molecular weight excluding hydrogens is 529 g/mol. The van der Waals surface area contributed by atoms with Gasteiger partial charge in [0, 0.05) is 29.7 Å². The Kier molecular flexibility index (Phi) is 13.7.